The minimum Gasteiger partial charge on any atom is -0.311 e. The summed E-state index contributed by atoms with van der Waals surface area (Å²) in [6, 6.07) is 30.2. The molecule has 0 spiro atoms. The van der Waals surface area contributed by atoms with E-state index in [0.29, 0.717) is 31.8 Å². The summed E-state index contributed by atoms with van der Waals surface area (Å²) < 4.78 is 38.0. The minimum absolute atomic E-state index is 0.445. The van der Waals surface area contributed by atoms with Gasteiger partial charge in [0.05, 0.1) is 0 Å². The molecule has 0 radical (unpaired) electrons. The maximum absolute atomic E-state index is 14.0. The lowest BCUT2D eigenvalue weighted by atomic mass is 9.97. The van der Waals surface area contributed by atoms with Gasteiger partial charge in [-0.3, -0.25) is 13.9 Å². The molecule has 4 rings (SSSR count). The van der Waals surface area contributed by atoms with Crippen molar-refractivity contribution in [2.24, 2.45) is 0 Å². The van der Waals surface area contributed by atoms with Gasteiger partial charge in [0.1, 0.15) is 0 Å². The molecule has 0 fully saturated rings. The summed E-state index contributed by atoms with van der Waals surface area (Å²) in [4.78, 5) is 14.0. The van der Waals surface area contributed by atoms with Crippen molar-refractivity contribution in [1.29, 1.82) is 0 Å². The van der Waals surface area contributed by atoms with Crippen LogP contribution in [0.15, 0.2) is 109 Å². The Bertz CT molecular complexity index is 1240. The van der Waals surface area contributed by atoms with Gasteiger partial charge >= 0.3 is 0 Å². The van der Waals surface area contributed by atoms with Crippen LogP contribution in [-0.4, -0.2) is 5.78 Å². The van der Waals surface area contributed by atoms with E-state index in [-0.39, 0.29) is 0 Å². The van der Waals surface area contributed by atoms with Crippen molar-refractivity contribution in [2.75, 3.05) is 0 Å². The van der Waals surface area contributed by atoms with Crippen molar-refractivity contribution in [3.8, 4) is 0 Å². The second-order valence-electron chi connectivity index (χ2n) is 7.81. The molecule has 4 unspecified atom stereocenters. The van der Waals surface area contributed by atoms with E-state index in [1.54, 1.807) is 109 Å². The molecule has 4 aromatic rings. The number of hydrogen-bond acceptors (Lipinski definition) is 5. The fraction of sp³-hybridized carbons (Fsp3) is 0.0741. The van der Waals surface area contributed by atoms with Crippen molar-refractivity contribution in [2.45, 2.75) is 12.2 Å². The smallest absolute Gasteiger partial charge is 0.221 e. The largest absolute Gasteiger partial charge is 0.311 e. The number of hydrogen-bond donors (Lipinski definition) is 0. The number of halogens is 2. The Hall–Kier alpha value is -2.49. The van der Waals surface area contributed by atoms with E-state index in [1.807, 2.05) is 0 Å². The van der Waals surface area contributed by atoms with Crippen LogP contribution in [0.25, 0.3) is 0 Å². The second kappa shape index (κ2) is 12.7. The van der Waals surface area contributed by atoms with Crippen LogP contribution in [0.2, 0.25) is 10.0 Å². The Morgan fingerprint density at radius 1 is 0.556 bits per heavy atom. The highest BCUT2D eigenvalue weighted by molar-refractivity contribution is 7.48. The molecular weight excluding hydrogens is 537 g/mol. The molecule has 0 aliphatic heterocycles. The number of ketones is 1. The fourth-order valence-corrected chi connectivity index (χ4v) is 5.88. The van der Waals surface area contributed by atoms with Gasteiger partial charge in [0.2, 0.25) is 16.1 Å². The Morgan fingerprint density at radius 2 is 0.889 bits per heavy atom. The number of carbonyl (C=O) groups is 1. The molecule has 0 amide bonds. The molecule has 4 aromatic carbocycles. The van der Waals surface area contributed by atoms with E-state index < -0.39 is 34.0 Å². The molecular formula is C27H22Cl2O5P2. The van der Waals surface area contributed by atoms with E-state index in [2.05, 4.69) is 0 Å². The lowest BCUT2D eigenvalue weighted by Crippen LogP contribution is -2.24. The van der Waals surface area contributed by atoms with Crippen LogP contribution in [0.4, 0.5) is 0 Å². The highest BCUT2D eigenvalue weighted by atomic mass is 35.5. The Balaban J connectivity index is 1.72. The summed E-state index contributed by atoms with van der Waals surface area (Å²) in [6.45, 7) is 0. The predicted octanol–water partition coefficient (Wildman–Crippen LogP) is 6.98. The first kappa shape index (κ1) is 26.6. The van der Waals surface area contributed by atoms with Crippen LogP contribution in [0, 0.1) is 0 Å². The summed E-state index contributed by atoms with van der Waals surface area (Å²) >= 11 is 12.1. The molecule has 5 nitrogen and oxygen atoms in total. The SMILES string of the molecule is O=C(C(O[PH](=O)c1ccccc1)c1ccc(Cl)cc1)C(O[PH](=O)c1ccccc1)c1ccc(Cl)cc1. The normalized spacial score (nSPS) is 14.5. The molecule has 184 valence electrons. The average Bonchev–Trinajstić information content (AvgIpc) is 2.92. The third-order valence-electron chi connectivity index (χ3n) is 5.33. The molecule has 0 aliphatic carbocycles. The molecule has 0 saturated heterocycles. The van der Waals surface area contributed by atoms with Crippen LogP contribution in [0.1, 0.15) is 23.3 Å². The third kappa shape index (κ3) is 6.83. The second-order valence-corrected chi connectivity index (χ2v) is 11.5. The first-order valence-corrected chi connectivity index (χ1v) is 14.4. The summed E-state index contributed by atoms with van der Waals surface area (Å²) in [5.41, 5.74) is 0.890. The lowest BCUT2D eigenvalue weighted by molar-refractivity contribution is -0.133. The highest BCUT2D eigenvalue weighted by Crippen LogP contribution is 2.40. The van der Waals surface area contributed by atoms with Crippen LogP contribution >= 0.6 is 39.3 Å². The molecule has 0 bridgehead atoms. The summed E-state index contributed by atoms with van der Waals surface area (Å²) in [7, 11) is -5.64. The van der Waals surface area contributed by atoms with Gasteiger partial charge in [0.15, 0.2) is 18.0 Å². The predicted molar refractivity (Wildman–Crippen MR) is 146 cm³/mol. The van der Waals surface area contributed by atoms with E-state index in [1.165, 1.54) is 0 Å². The third-order valence-corrected chi connectivity index (χ3v) is 8.34. The van der Waals surface area contributed by atoms with Crippen LogP contribution in [0.3, 0.4) is 0 Å². The zero-order valence-electron chi connectivity index (χ0n) is 18.8. The van der Waals surface area contributed by atoms with E-state index in [0.717, 1.165) is 0 Å². The van der Waals surface area contributed by atoms with Crippen molar-refractivity contribution in [3.63, 3.8) is 0 Å². The average molecular weight is 559 g/mol. The topological polar surface area (TPSA) is 69.7 Å². The van der Waals surface area contributed by atoms with Gasteiger partial charge in [-0.05, 0) is 59.7 Å². The van der Waals surface area contributed by atoms with Gasteiger partial charge in [-0.2, -0.15) is 0 Å². The minimum atomic E-state index is -2.82. The molecule has 0 aromatic heterocycles. The van der Waals surface area contributed by atoms with Crippen LogP contribution in [-0.2, 0) is 23.0 Å². The molecule has 36 heavy (non-hydrogen) atoms. The molecule has 4 atom stereocenters. The quantitative estimate of drug-likeness (QED) is 0.196. The van der Waals surface area contributed by atoms with Crippen LogP contribution in [0.5, 0.6) is 0 Å². The van der Waals surface area contributed by atoms with E-state index in [4.69, 9.17) is 32.2 Å². The maximum Gasteiger partial charge on any atom is 0.221 e. The number of rotatable bonds is 10. The van der Waals surface area contributed by atoms with Gasteiger partial charge < -0.3 is 9.05 Å². The van der Waals surface area contributed by atoms with Crippen molar-refractivity contribution in [1.82, 2.24) is 0 Å². The van der Waals surface area contributed by atoms with Gasteiger partial charge in [-0.1, -0.05) is 83.9 Å². The van der Waals surface area contributed by atoms with Gasteiger partial charge in [0, 0.05) is 20.7 Å². The van der Waals surface area contributed by atoms with E-state index in [9.17, 15) is 13.9 Å². The zero-order chi connectivity index (χ0) is 25.5. The molecule has 0 saturated carbocycles. The maximum atomic E-state index is 14.0. The molecule has 9 heteroatoms. The van der Waals surface area contributed by atoms with Gasteiger partial charge in [-0.15, -0.1) is 0 Å². The summed E-state index contributed by atoms with van der Waals surface area (Å²) in [5, 5.41) is 1.88. The number of carbonyl (C=O) groups excluding carboxylic acids is 1. The van der Waals surface area contributed by atoms with Crippen molar-refractivity contribution in [3.05, 3.63) is 130 Å². The Kier molecular flexibility index (Phi) is 9.34. The van der Waals surface area contributed by atoms with Gasteiger partial charge in [-0.25, -0.2) is 0 Å². The molecule has 0 aliphatic rings. The van der Waals surface area contributed by atoms with Gasteiger partial charge in [0.25, 0.3) is 0 Å². The standard InChI is InChI=1S/C27H22Cl2O5P2/c28-21-15-11-19(12-16-21)26(33-35(31)23-7-3-1-4-8-23)25(30)27(20-13-17-22(29)18-14-20)34-36(32)24-9-5-2-6-10-24/h1-18,26-27,35-36H. The summed E-state index contributed by atoms with van der Waals surface area (Å²) in [6.07, 6.45) is -2.53. The first-order valence-electron chi connectivity index (χ1n) is 11.0. The van der Waals surface area contributed by atoms with Crippen molar-refractivity contribution >= 4 is 55.7 Å². The fourth-order valence-electron chi connectivity index (χ4n) is 3.49. The van der Waals surface area contributed by atoms with Crippen molar-refractivity contribution < 1.29 is 23.0 Å². The first-order chi connectivity index (χ1) is 17.4. The van der Waals surface area contributed by atoms with Crippen LogP contribution < -0.4 is 10.6 Å². The lowest BCUT2D eigenvalue weighted by Gasteiger charge is -2.24. The summed E-state index contributed by atoms with van der Waals surface area (Å²) in [5.74, 6) is -0.553. The Labute approximate surface area is 220 Å². The highest BCUT2D eigenvalue weighted by Gasteiger charge is 2.34. The molecule has 0 N–H and O–H groups in total. The number of Topliss-reactive ketones (excluding diaryl/α,β-unsaturated/α-hetero) is 1. The molecule has 0 heterocycles. The zero-order valence-corrected chi connectivity index (χ0v) is 22.4. The monoisotopic (exact) mass is 558 g/mol. The van der Waals surface area contributed by atoms with E-state index >= 15 is 0 Å². The number of benzene rings is 4. The Morgan fingerprint density at radius 3 is 1.22 bits per heavy atom.